The molecule has 2 amide bonds. The minimum Gasteiger partial charge on any atom is -0.328 e. The first-order valence-corrected chi connectivity index (χ1v) is 11.1. The number of hydrogen-bond donors (Lipinski definition) is 1. The van der Waals surface area contributed by atoms with Crippen molar-refractivity contribution in [1.82, 2.24) is 14.6 Å². The fourth-order valence-electron chi connectivity index (χ4n) is 4.22. The van der Waals surface area contributed by atoms with E-state index in [2.05, 4.69) is 20.0 Å². The van der Waals surface area contributed by atoms with Gasteiger partial charge in [-0.05, 0) is 49.1 Å². The smallest absolute Gasteiger partial charge is 0.271 e. The Morgan fingerprint density at radius 3 is 2.59 bits per heavy atom. The Balaban J connectivity index is 1.28. The monoisotopic (exact) mass is 427 g/mol. The van der Waals surface area contributed by atoms with E-state index in [0.717, 1.165) is 29.9 Å². The molecule has 3 heterocycles. The average Bonchev–Trinajstić information content (AvgIpc) is 3.26. The highest BCUT2D eigenvalue weighted by Gasteiger charge is 2.24. The van der Waals surface area contributed by atoms with Crippen molar-refractivity contribution in [3.63, 3.8) is 0 Å². The molecular formula is C25H25N5O2. The minimum absolute atomic E-state index is 0.0715. The number of nitrogens with zero attached hydrogens (tertiary/aromatic N) is 4. The van der Waals surface area contributed by atoms with Crippen LogP contribution in [0.2, 0.25) is 0 Å². The van der Waals surface area contributed by atoms with E-state index in [1.807, 2.05) is 60.8 Å². The summed E-state index contributed by atoms with van der Waals surface area (Å²) in [5.41, 5.74) is 4.35. The molecule has 2 aliphatic heterocycles. The van der Waals surface area contributed by atoms with Gasteiger partial charge in [0.25, 0.3) is 5.91 Å². The third-order valence-corrected chi connectivity index (χ3v) is 5.95. The Morgan fingerprint density at radius 2 is 1.78 bits per heavy atom. The number of carbonyl (C=O) groups excluding carboxylic acids is 2. The lowest BCUT2D eigenvalue weighted by atomic mass is 10.1. The molecule has 1 aromatic heterocycles. The molecule has 7 nitrogen and oxygen atoms in total. The zero-order valence-electron chi connectivity index (χ0n) is 17.8. The van der Waals surface area contributed by atoms with Gasteiger partial charge in [0.1, 0.15) is 11.5 Å². The first kappa shape index (κ1) is 20.2. The maximum absolute atomic E-state index is 12.8. The largest absolute Gasteiger partial charge is 0.328 e. The van der Waals surface area contributed by atoms with Gasteiger partial charge >= 0.3 is 0 Å². The van der Waals surface area contributed by atoms with Crippen LogP contribution in [-0.4, -0.2) is 32.1 Å². The molecule has 0 spiro atoms. The Hall–Kier alpha value is -3.74. The molecule has 7 heteroatoms. The second-order valence-electron chi connectivity index (χ2n) is 8.20. The van der Waals surface area contributed by atoms with Gasteiger partial charge in [0, 0.05) is 42.5 Å². The van der Waals surface area contributed by atoms with Crippen LogP contribution in [0.5, 0.6) is 0 Å². The van der Waals surface area contributed by atoms with Crippen molar-refractivity contribution in [3.05, 3.63) is 72.1 Å². The second kappa shape index (κ2) is 8.78. The highest BCUT2D eigenvalue weighted by atomic mass is 16.2. The van der Waals surface area contributed by atoms with Gasteiger partial charge in [-0.2, -0.15) is 5.10 Å². The molecular weight excluding hydrogens is 402 g/mol. The van der Waals surface area contributed by atoms with E-state index in [1.54, 1.807) is 0 Å². The summed E-state index contributed by atoms with van der Waals surface area (Å²) < 4.78 is 2.28. The number of hydrogen-bond acceptors (Lipinski definition) is 4. The molecule has 0 bridgehead atoms. The summed E-state index contributed by atoms with van der Waals surface area (Å²) in [6.45, 7) is 1.36. The normalized spacial score (nSPS) is 15.8. The fourth-order valence-corrected chi connectivity index (χ4v) is 4.22. The van der Waals surface area contributed by atoms with Crippen LogP contribution in [0.25, 0.3) is 11.4 Å². The minimum atomic E-state index is -0.276. The van der Waals surface area contributed by atoms with E-state index in [0.29, 0.717) is 24.4 Å². The van der Waals surface area contributed by atoms with Gasteiger partial charge in [0.2, 0.25) is 5.91 Å². The molecule has 0 saturated heterocycles. The Labute approximate surface area is 186 Å². The number of rotatable bonds is 5. The number of nitrogens with one attached hydrogen (secondary N) is 1. The van der Waals surface area contributed by atoms with E-state index in [4.69, 9.17) is 0 Å². The molecule has 0 radical (unpaired) electrons. The Morgan fingerprint density at radius 1 is 0.969 bits per heavy atom. The van der Waals surface area contributed by atoms with E-state index < -0.39 is 0 Å². The van der Waals surface area contributed by atoms with Crippen LogP contribution >= 0.6 is 0 Å². The third-order valence-electron chi connectivity index (χ3n) is 5.95. The van der Waals surface area contributed by atoms with Crippen LogP contribution < -0.4 is 5.32 Å². The van der Waals surface area contributed by atoms with Crippen LogP contribution in [0.1, 0.15) is 36.9 Å². The summed E-state index contributed by atoms with van der Waals surface area (Å²) >= 11 is 0. The van der Waals surface area contributed by atoms with Gasteiger partial charge in [0.05, 0.1) is 6.54 Å². The van der Waals surface area contributed by atoms with Gasteiger partial charge < -0.3 is 9.88 Å². The number of anilines is 1. The molecule has 0 unspecified atom stereocenters. The van der Waals surface area contributed by atoms with Crippen LogP contribution in [0, 0.1) is 0 Å². The van der Waals surface area contributed by atoms with Crippen molar-refractivity contribution in [3.8, 4) is 11.4 Å². The zero-order chi connectivity index (χ0) is 21.9. The Bertz CT molecular complexity index is 1160. The molecule has 32 heavy (non-hydrogen) atoms. The van der Waals surface area contributed by atoms with Crippen molar-refractivity contribution in [2.75, 3.05) is 5.32 Å². The molecule has 162 valence electrons. The van der Waals surface area contributed by atoms with Crippen molar-refractivity contribution in [2.24, 2.45) is 5.10 Å². The molecule has 0 saturated carbocycles. The van der Waals surface area contributed by atoms with Gasteiger partial charge in [-0.25, -0.2) is 9.99 Å². The summed E-state index contributed by atoms with van der Waals surface area (Å²) in [5, 5.41) is 8.63. The van der Waals surface area contributed by atoms with E-state index >= 15 is 0 Å². The number of fused-ring (bicyclic) bond motifs is 1. The molecule has 0 atom stereocenters. The van der Waals surface area contributed by atoms with Gasteiger partial charge in [-0.15, -0.1) is 0 Å². The first-order chi connectivity index (χ1) is 15.7. The van der Waals surface area contributed by atoms with Crippen LogP contribution in [0.4, 0.5) is 5.69 Å². The molecule has 0 fully saturated rings. The van der Waals surface area contributed by atoms with Crippen molar-refractivity contribution < 1.29 is 9.59 Å². The first-order valence-electron chi connectivity index (χ1n) is 11.1. The van der Waals surface area contributed by atoms with Gasteiger partial charge in [-0.1, -0.05) is 30.3 Å². The predicted octanol–water partition coefficient (Wildman–Crippen LogP) is 4.00. The lowest BCUT2D eigenvalue weighted by Gasteiger charge is -2.23. The van der Waals surface area contributed by atoms with Crippen molar-refractivity contribution in [2.45, 2.75) is 45.2 Å². The zero-order valence-corrected chi connectivity index (χ0v) is 17.8. The van der Waals surface area contributed by atoms with Crippen molar-refractivity contribution >= 4 is 23.2 Å². The summed E-state index contributed by atoms with van der Waals surface area (Å²) in [7, 11) is 0. The van der Waals surface area contributed by atoms with Crippen molar-refractivity contribution in [1.29, 1.82) is 0 Å². The van der Waals surface area contributed by atoms with Gasteiger partial charge in [0.15, 0.2) is 0 Å². The molecule has 2 aliphatic rings. The maximum atomic E-state index is 12.8. The second-order valence-corrected chi connectivity index (χ2v) is 8.20. The topological polar surface area (TPSA) is 79.6 Å². The predicted molar refractivity (Wildman–Crippen MR) is 123 cm³/mol. The van der Waals surface area contributed by atoms with Crippen LogP contribution in [0.3, 0.4) is 0 Å². The lowest BCUT2D eigenvalue weighted by Crippen LogP contribution is -2.36. The molecule has 0 aliphatic carbocycles. The quantitative estimate of drug-likeness (QED) is 0.668. The summed E-state index contributed by atoms with van der Waals surface area (Å²) in [6.07, 6.45) is 6.06. The standard InChI is InChI=1S/C25H25N5O2/c31-23-14-13-22(28-30(23)17-18-6-2-1-3-7-18)25(32)27-20-11-9-19(10-12-20)24-26-16-21-8-4-5-15-29(21)24/h1-3,6-7,9-12,16H,4-5,8,13-15,17H2,(H,27,32). The number of amides is 2. The molecule has 2 aromatic carbocycles. The van der Waals surface area contributed by atoms with E-state index in [-0.39, 0.29) is 18.2 Å². The van der Waals surface area contributed by atoms with Gasteiger partial charge in [-0.3, -0.25) is 9.59 Å². The number of aryl methyl sites for hydroxylation is 1. The number of hydrazone groups is 1. The van der Waals surface area contributed by atoms with E-state index in [9.17, 15) is 9.59 Å². The fraction of sp³-hybridized carbons (Fsp3) is 0.280. The van der Waals surface area contributed by atoms with Crippen LogP contribution in [0.15, 0.2) is 65.9 Å². The molecule has 3 aromatic rings. The number of imidazole rings is 1. The number of aromatic nitrogens is 2. The molecule has 1 N–H and O–H groups in total. The highest BCUT2D eigenvalue weighted by Crippen LogP contribution is 2.25. The lowest BCUT2D eigenvalue weighted by molar-refractivity contribution is -0.132. The Kier molecular flexibility index (Phi) is 5.54. The number of benzene rings is 2. The third kappa shape index (κ3) is 4.19. The molecule has 5 rings (SSSR count). The summed E-state index contributed by atoms with van der Waals surface area (Å²) in [5.74, 6) is 0.628. The summed E-state index contributed by atoms with van der Waals surface area (Å²) in [6, 6.07) is 17.4. The maximum Gasteiger partial charge on any atom is 0.271 e. The average molecular weight is 428 g/mol. The van der Waals surface area contributed by atoms with Crippen LogP contribution in [-0.2, 0) is 29.1 Å². The highest BCUT2D eigenvalue weighted by molar-refractivity contribution is 6.43. The SMILES string of the molecule is O=C(Nc1ccc(-c2ncc3n2CCCC3)cc1)C1=NN(Cc2ccccc2)C(=O)CC1. The summed E-state index contributed by atoms with van der Waals surface area (Å²) in [4.78, 5) is 29.6. The number of carbonyl (C=O) groups is 2. The van der Waals surface area contributed by atoms with E-state index in [1.165, 1.54) is 23.5 Å².